The minimum absolute atomic E-state index is 0.114. The van der Waals surface area contributed by atoms with Crippen molar-refractivity contribution in [1.82, 2.24) is 5.32 Å². The van der Waals surface area contributed by atoms with Crippen molar-refractivity contribution < 1.29 is 23.4 Å². The van der Waals surface area contributed by atoms with Crippen LogP contribution in [0.25, 0.3) is 0 Å². The van der Waals surface area contributed by atoms with Crippen LogP contribution in [0.4, 0.5) is 4.39 Å². The van der Waals surface area contributed by atoms with Crippen molar-refractivity contribution in [2.24, 2.45) is 0 Å². The van der Waals surface area contributed by atoms with Gasteiger partial charge in [-0.3, -0.25) is 4.79 Å². The van der Waals surface area contributed by atoms with Gasteiger partial charge in [-0.25, -0.2) is 4.39 Å². The molecule has 5 nitrogen and oxygen atoms in total. The third kappa shape index (κ3) is 5.11. The summed E-state index contributed by atoms with van der Waals surface area (Å²) in [5.74, 6) is 1.13. The topological polar surface area (TPSA) is 56.8 Å². The molecule has 0 aromatic heterocycles. The van der Waals surface area contributed by atoms with E-state index in [4.69, 9.17) is 14.2 Å². The maximum atomic E-state index is 12.9. The average molecular weight is 347 g/mol. The van der Waals surface area contributed by atoms with Gasteiger partial charge in [-0.15, -0.1) is 0 Å². The monoisotopic (exact) mass is 347 g/mol. The fourth-order valence-electron chi connectivity index (χ4n) is 2.48. The van der Waals surface area contributed by atoms with E-state index in [0.717, 1.165) is 11.1 Å². The zero-order chi connectivity index (χ0) is 18.2. The molecule has 0 saturated heterocycles. The molecule has 0 unspecified atom stereocenters. The Morgan fingerprint density at radius 2 is 1.56 bits per heavy atom. The lowest BCUT2D eigenvalue weighted by Gasteiger charge is -2.14. The van der Waals surface area contributed by atoms with Gasteiger partial charge in [-0.2, -0.15) is 0 Å². The van der Waals surface area contributed by atoms with Crippen LogP contribution in [0.3, 0.4) is 0 Å². The highest BCUT2D eigenvalue weighted by molar-refractivity contribution is 5.79. The molecule has 2 aromatic carbocycles. The number of halogens is 1. The lowest BCUT2D eigenvalue weighted by atomic mass is 10.1. The van der Waals surface area contributed by atoms with Crippen molar-refractivity contribution in [3.63, 3.8) is 0 Å². The quantitative estimate of drug-likeness (QED) is 0.798. The summed E-state index contributed by atoms with van der Waals surface area (Å²) in [5.41, 5.74) is 1.73. The van der Waals surface area contributed by atoms with E-state index in [0.29, 0.717) is 30.2 Å². The number of nitrogens with one attached hydrogen (secondary N) is 1. The molecule has 2 aromatic rings. The van der Waals surface area contributed by atoms with Gasteiger partial charge in [0.15, 0.2) is 11.5 Å². The van der Waals surface area contributed by atoms with E-state index in [9.17, 15) is 9.18 Å². The lowest BCUT2D eigenvalue weighted by molar-refractivity contribution is -0.120. The van der Waals surface area contributed by atoms with E-state index in [1.54, 1.807) is 24.3 Å². The molecule has 0 heterocycles. The molecule has 1 N–H and O–H groups in total. The summed E-state index contributed by atoms with van der Waals surface area (Å²) in [6.07, 6.45) is 0.835. The summed E-state index contributed by atoms with van der Waals surface area (Å²) >= 11 is 0. The minimum Gasteiger partial charge on any atom is -0.493 e. The molecule has 0 aliphatic heterocycles. The number of amides is 1. The first kappa shape index (κ1) is 18.6. The Hall–Kier alpha value is -2.76. The minimum atomic E-state index is -0.268. The second-order valence-electron chi connectivity index (χ2n) is 5.44. The molecular formula is C19H22FNO4. The van der Waals surface area contributed by atoms with E-state index in [2.05, 4.69) is 5.32 Å². The second-order valence-corrected chi connectivity index (χ2v) is 5.44. The lowest BCUT2D eigenvalue weighted by Crippen LogP contribution is -2.27. The van der Waals surface area contributed by atoms with Gasteiger partial charge in [0, 0.05) is 6.54 Å². The van der Waals surface area contributed by atoms with Crippen molar-refractivity contribution in [2.75, 3.05) is 27.9 Å². The molecule has 1 amide bonds. The Morgan fingerprint density at radius 3 is 2.08 bits per heavy atom. The van der Waals surface area contributed by atoms with E-state index in [1.807, 2.05) is 0 Å². The highest BCUT2D eigenvalue weighted by Crippen LogP contribution is 2.38. The molecule has 134 valence electrons. The van der Waals surface area contributed by atoms with E-state index >= 15 is 0 Å². The smallest absolute Gasteiger partial charge is 0.224 e. The molecule has 0 aliphatic rings. The Labute approximate surface area is 146 Å². The fourth-order valence-corrected chi connectivity index (χ4v) is 2.48. The number of hydrogen-bond acceptors (Lipinski definition) is 4. The Bertz CT molecular complexity index is 691. The van der Waals surface area contributed by atoms with Crippen molar-refractivity contribution in [3.8, 4) is 17.2 Å². The van der Waals surface area contributed by atoms with Crippen molar-refractivity contribution >= 4 is 5.91 Å². The number of ether oxygens (including phenoxy) is 3. The normalized spacial score (nSPS) is 10.2. The van der Waals surface area contributed by atoms with Crippen molar-refractivity contribution in [1.29, 1.82) is 0 Å². The summed E-state index contributed by atoms with van der Waals surface area (Å²) in [6.45, 7) is 0.481. The van der Waals surface area contributed by atoms with Crippen LogP contribution in [0.5, 0.6) is 17.2 Å². The zero-order valence-corrected chi connectivity index (χ0v) is 14.6. The fraction of sp³-hybridized carbons (Fsp3) is 0.316. The van der Waals surface area contributed by atoms with Crippen LogP contribution in [-0.2, 0) is 17.6 Å². The van der Waals surface area contributed by atoms with Gasteiger partial charge in [0.1, 0.15) is 5.82 Å². The van der Waals surface area contributed by atoms with Crippen LogP contribution in [0, 0.1) is 5.82 Å². The van der Waals surface area contributed by atoms with Crippen LogP contribution in [0.2, 0.25) is 0 Å². The van der Waals surface area contributed by atoms with Crippen LogP contribution in [-0.4, -0.2) is 33.8 Å². The molecule has 0 saturated carbocycles. The number of rotatable bonds is 8. The summed E-state index contributed by atoms with van der Waals surface area (Å²) in [4.78, 5) is 12.1. The first-order chi connectivity index (χ1) is 12.1. The van der Waals surface area contributed by atoms with Crippen LogP contribution < -0.4 is 19.5 Å². The predicted molar refractivity (Wildman–Crippen MR) is 92.9 cm³/mol. The largest absolute Gasteiger partial charge is 0.493 e. The molecule has 2 rings (SSSR count). The van der Waals surface area contributed by atoms with Crippen molar-refractivity contribution in [3.05, 3.63) is 53.3 Å². The highest BCUT2D eigenvalue weighted by Gasteiger charge is 2.14. The Balaban J connectivity index is 1.94. The van der Waals surface area contributed by atoms with Gasteiger partial charge < -0.3 is 19.5 Å². The highest BCUT2D eigenvalue weighted by atomic mass is 19.1. The van der Waals surface area contributed by atoms with Gasteiger partial charge in [0.2, 0.25) is 11.7 Å². The van der Waals surface area contributed by atoms with Crippen LogP contribution >= 0.6 is 0 Å². The summed E-state index contributed by atoms with van der Waals surface area (Å²) in [7, 11) is 4.59. The molecule has 0 radical (unpaired) electrons. The molecular weight excluding hydrogens is 325 g/mol. The van der Waals surface area contributed by atoms with Crippen LogP contribution in [0.1, 0.15) is 11.1 Å². The molecule has 0 fully saturated rings. The second kappa shape index (κ2) is 8.92. The first-order valence-electron chi connectivity index (χ1n) is 7.87. The molecule has 0 aliphatic carbocycles. The Morgan fingerprint density at radius 1 is 0.960 bits per heavy atom. The number of benzene rings is 2. The third-order valence-electron chi connectivity index (χ3n) is 3.74. The van der Waals surface area contributed by atoms with Gasteiger partial charge in [0.05, 0.1) is 27.8 Å². The van der Waals surface area contributed by atoms with Gasteiger partial charge in [0.25, 0.3) is 0 Å². The average Bonchev–Trinajstić information content (AvgIpc) is 2.62. The number of carbonyl (C=O) groups is 1. The Kier molecular flexibility index (Phi) is 6.62. The molecule has 0 bridgehead atoms. The summed E-state index contributed by atoms with van der Waals surface area (Å²) in [6, 6.07) is 9.74. The van der Waals surface area contributed by atoms with Crippen molar-refractivity contribution in [2.45, 2.75) is 12.8 Å². The van der Waals surface area contributed by atoms with E-state index in [1.165, 1.54) is 33.5 Å². The number of carbonyl (C=O) groups excluding carboxylic acids is 1. The molecule has 0 spiro atoms. The zero-order valence-electron chi connectivity index (χ0n) is 14.6. The molecule has 25 heavy (non-hydrogen) atoms. The van der Waals surface area contributed by atoms with Gasteiger partial charge in [-0.1, -0.05) is 12.1 Å². The third-order valence-corrected chi connectivity index (χ3v) is 3.74. The van der Waals surface area contributed by atoms with Gasteiger partial charge >= 0.3 is 0 Å². The van der Waals surface area contributed by atoms with E-state index in [-0.39, 0.29) is 18.1 Å². The standard InChI is InChI=1S/C19H22FNO4/c1-23-16-10-14(11-17(24-2)19(16)25-3)12-18(22)21-9-8-13-4-6-15(20)7-5-13/h4-7,10-11H,8-9,12H2,1-3H3,(H,21,22). The summed E-state index contributed by atoms with van der Waals surface area (Å²) < 4.78 is 28.7. The SMILES string of the molecule is COc1cc(CC(=O)NCCc2ccc(F)cc2)cc(OC)c1OC. The maximum absolute atomic E-state index is 12.9. The summed E-state index contributed by atoms with van der Waals surface area (Å²) in [5, 5.41) is 2.85. The molecule has 6 heteroatoms. The maximum Gasteiger partial charge on any atom is 0.224 e. The number of methoxy groups -OCH3 is 3. The number of hydrogen-bond donors (Lipinski definition) is 1. The first-order valence-corrected chi connectivity index (χ1v) is 7.87. The predicted octanol–water partition coefficient (Wildman–Crippen LogP) is 2.75. The van der Waals surface area contributed by atoms with Crippen LogP contribution in [0.15, 0.2) is 36.4 Å². The van der Waals surface area contributed by atoms with Gasteiger partial charge in [-0.05, 0) is 41.8 Å². The van der Waals surface area contributed by atoms with E-state index < -0.39 is 0 Å². The molecule has 0 atom stereocenters.